The summed E-state index contributed by atoms with van der Waals surface area (Å²) < 4.78 is 5.65. The van der Waals surface area contributed by atoms with Crippen LogP contribution in [0.1, 0.15) is 23.3 Å². The van der Waals surface area contributed by atoms with Crippen LogP contribution in [0.3, 0.4) is 0 Å². The van der Waals surface area contributed by atoms with Gasteiger partial charge in [-0.3, -0.25) is 9.97 Å². The first-order valence-corrected chi connectivity index (χ1v) is 5.01. The van der Waals surface area contributed by atoms with E-state index in [1.165, 1.54) is 11.1 Å². The van der Waals surface area contributed by atoms with Crippen molar-refractivity contribution in [3.63, 3.8) is 0 Å². The van der Waals surface area contributed by atoms with Crippen LogP contribution < -0.4 is 0 Å². The first-order valence-electron chi connectivity index (χ1n) is 5.01. The van der Waals surface area contributed by atoms with E-state index in [9.17, 15) is 0 Å². The van der Waals surface area contributed by atoms with Gasteiger partial charge in [-0.15, -0.1) is 0 Å². The molecule has 1 saturated heterocycles. The maximum absolute atomic E-state index is 5.65. The Morgan fingerprint density at radius 3 is 1.88 bits per heavy atom. The number of hydrogen-bond donors (Lipinski definition) is 0. The van der Waals surface area contributed by atoms with Crippen LogP contribution in [0, 0.1) is 0 Å². The molecule has 4 rings (SSSR count). The summed E-state index contributed by atoms with van der Waals surface area (Å²) in [5, 5.41) is 0. The van der Waals surface area contributed by atoms with Gasteiger partial charge in [0, 0.05) is 43.3 Å². The van der Waals surface area contributed by atoms with Crippen molar-refractivity contribution < 1.29 is 24.5 Å². The number of hydrogen-bond acceptors (Lipinski definition) is 3. The SMILES string of the molecule is [Os].c1cnc2c(c1)C1OC1c1cccnc1-2. The van der Waals surface area contributed by atoms with Crippen molar-refractivity contribution >= 4 is 0 Å². The van der Waals surface area contributed by atoms with Gasteiger partial charge < -0.3 is 4.74 Å². The molecule has 0 radical (unpaired) electrons. The van der Waals surface area contributed by atoms with E-state index in [-0.39, 0.29) is 32.0 Å². The molecular formula is C12H8N2OOs. The molecule has 0 spiro atoms. The molecular weight excluding hydrogens is 378 g/mol. The minimum atomic E-state index is 0. The zero-order valence-corrected chi connectivity index (χ0v) is 10.8. The zero-order valence-electron chi connectivity index (χ0n) is 8.28. The number of rotatable bonds is 0. The molecule has 2 unspecified atom stereocenters. The maximum Gasteiger partial charge on any atom is 0.116 e. The summed E-state index contributed by atoms with van der Waals surface area (Å²) in [6, 6.07) is 8.05. The van der Waals surface area contributed by atoms with Crippen LogP contribution in [0.25, 0.3) is 11.4 Å². The molecule has 2 atom stereocenters. The van der Waals surface area contributed by atoms with Gasteiger partial charge in [0.25, 0.3) is 0 Å². The van der Waals surface area contributed by atoms with Crippen molar-refractivity contribution in [1.82, 2.24) is 9.97 Å². The van der Waals surface area contributed by atoms with E-state index in [1.807, 2.05) is 12.1 Å². The summed E-state index contributed by atoms with van der Waals surface area (Å²) >= 11 is 0. The number of aromatic nitrogens is 2. The van der Waals surface area contributed by atoms with Gasteiger partial charge in [-0.25, -0.2) is 0 Å². The third-order valence-corrected chi connectivity index (χ3v) is 3.01. The Kier molecular flexibility index (Phi) is 2.17. The minimum absolute atomic E-state index is 0. The summed E-state index contributed by atoms with van der Waals surface area (Å²) in [5.74, 6) is 0. The van der Waals surface area contributed by atoms with Gasteiger partial charge in [-0.2, -0.15) is 0 Å². The van der Waals surface area contributed by atoms with Crippen LogP contribution in [-0.4, -0.2) is 9.97 Å². The van der Waals surface area contributed by atoms with Gasteiger partial charge in [-0.05, 0) is 12.1 Å². The fourth-order valence-corrected chi connectivity index (χ4v) is 2.28. The molecule has 2 aromatic rings. The molecule has 2 aliphatic rings. The smallest absolute Gasteiger partial charge is 0.116 e. The monoisotopic (exact) mass is 388 g/mol. The Balaban J connectivity index is 0.000000810. The van der Waals surface area contributed by atoms with E-state index >= 15 is 0 Å². The quantitative estimate of drug-likeness (QED) is 0.652. The Morgan fingerprint density at radius 2 is 1.38 bits per heavy atom. The Bertz CT molecular complexity index is 509. The van der Waals surface area contributed by atoms with Crippen LogP contribution in [0.5, 0.6) is 0 Å². The predicted octanol–water partition coefficient (Wildman–Crippen LogP) is 2.27. The molecule has 4 heteroatoms. The van der Waals surface area contributed by atoms with Crippen LogP contribution in [0.4, 0.5) is 0 Å². The minimum Gasteiger partial charge on any atom is -0.359 e. The standard InChI is InChI=1S/C12H8N2O.Os/c1-3-7-9(13-5-1)10-8(4-2-6-14-10)12-11(7)15-12;/h1-6,11-12H;. The number of epoxide rings is 1. The largest absolute Gasteiger partial charge is 0.359 e. The fourth-order valence-electron chi connectivity index (χ4n) is 2.28. The fraction of sp³-hybridized carbons (Fsp3) is 0.167. The molecule has 2 aromatic heterocycles. The first-order chi connectivity index (χ1) is 7.45. The van der Waals surface area contributed by atoms with Gasteiger partial charge in [-0.1, -0.05) is 12.1 Å². The average molecular weight is 386 g/mol. The normalized spacial score (nSPS) is 23.5. The van der Waals surface area contributed by atoms with Crippen molar-refractivity contribution in [3.8, 4) is 11.4 Å². The molecule has 0 bridgehead atoms. The van der Waals surface area contributed by atoms with E-state index < -0.39 is 0 Å². The number of pyridine rings is 2. The Hall–Kier alpha value is -1.10. The van der Waals surface area contributed by atoms with E-state index in [0.29, 0.717) is 0 Å². The van der Waals surface area contributed by atoms with Gasteiger partial charge in [0.1, 0.15) is 12.2 Å². The average Bonchev–Trinajstić information content (AvgIpc) is 3.10. The summed E-state index contributed by atoms with van der Waals surface area (Å²) in [4.78, 5) is 8.79. The van der Waals surface area contributed by atoms with E-state index in [0.717, 1.165) is 11.4 Å². The van der Waals surface area contributed by atoms with Gasteiger partial charge in [0.15, 0.2) is 0 Å². The van der Waals surface area contributed by atoms with Gasteiger partial charge >= 0.3 is 0 Å². The number of ether oxygens (including phenoxy) is 1. The molecule has 80 valence electrons. The van der Waals surface area contributed by atoms with Crippen molar-refractivity contribution in [3.05, 3.63) is 47.8 Å². The summed E-state index contributed by atoms with van der Waals surface area (Å²) in [5.41, 5.74) is 4.31. The van der Waals surface area contributed by atoms with Crippen LogP contribution in [-0.2, 0) is 24.5 Å². The van der Waals surface area contributed by atoms with Crippen LogP contribution in [0.2, 0.25) is 0 Å². The molecule has 0 amide bonds. The molecule has 1 aliphatic heterocycles. The number of nitrogens with zero attached hydrogens (tertiary/aromatic N) is 2. The van der Waals surface area contributed by atoms with E-state index in [1.54, 1.807) is 12.4 Å². The second kappa shape index (κ2) is 3.45. The van der Waals surface area contributed by atoms with Gasteiger partial charge in [0.05, 0.1) is 11.4 Å². The van der Waals surface area contributed by atoms with Gasteiger partial charge in [0.2, 0.25) is 0 Å². The van der Waals surface area contributed by atoms with Crippen molar-refractivity contribution in [2.75, 3.05) is 0 Å². The summed E-state index contributed by atoms with van der Waals surface area (Å²) in [6.45, 7) is 0. The van der Waals surface area contributed by atoms with Crippen molar-refractivity contribution in [1.29, 1.82) is 0 Å². The Labute approximate surface area is 106 Å². The van der Waals surface area contributed by atoms with E-state index in [4.69, 9.17) is 4.74 Å². The molecule has 3 nitrogen and oxygen atoms in total. The maximum atomic E-state index is 5.65. The topological polar surface area (TPSA) is 38.3 Å². The molecule has 16 heavy (non-hydrogen) atoms. The first kappa shape index (κ1) is 10.1. The van der Waals surface area contributed by atoms with Crippen molar-refractivity contribution in [2.24, 2.45) is 0 Å². The van der Waals surface area contributed by atoms with Crippen LogP contribution in [0.15, 0.2) is 36.7 Å². The second-order valence-electron chi connectivity index (χ2n) is 3.86. The molecule has 3 heterocycles. The molecule has 0 aromatic carbocycles. The predicted molar refractivity (Wildman–Crippen MR) is 54.0 cm³/mol. The molecule has 1 aliphatic carbocycles. The second-order valence-corrected chi connectivity index (χ2v) is 3.86. The number of fused-ring (bicyclic) bond motifs is 6. The van der Waals surface area contributed by atoms with Crippen molar-refractivity contribution in [2.45, 2.75) is 12.2 Å². The zero-order chi connectivity index (χ0) is 9.83. The third-order valence-electron chi connectivity index (χ3n) is 3.01. The Morgan fingerprint density at radius 1 is 0.875 bits per heavy atom. The summed E-state index contributed by atoms with van der Waals surface area (Å²) in [6.07, 6.45) is 4.04. The van der Waals surface area contributed by atoms with Crippen LogP contribution >= 0.6 is 0 Å². The molecule has 0 saturated carbocycles. The van der Waals surface area contributed by atoms with E-state index in [2.05, 4.69) is 22.1 Å². The summed E-state index contributed by atoms with van der Waals surface area (Å²) in [7, 11) is 0. The third kappa shape index (κ3) is 1.21. The molecule has 0 N–H and O–H groups in total. The molecule has 1 fully saturated rings.